The Balaban J connectivity index is 3.37. The zero-order chi connectivity index (χ0) is 10.0. The van der Waals surface area contributed by atoms with Gasteiger partial charge >= 0.3 is 0 Å². The molecule has 1 rings (SSSR count). The van der Waals surface area contributed by atoms with Crippen LogP contribution in [0.4, 0.5) is 4.39 Å². The highest BCUT2D eigenvalue weighted by Crippen LogP contribution is 2.39. The van der Waals surface area contributed by atoms with Crippen molar-refractivity contribution in [3.8, 4) is 5.75 Å². The molecule has 0 bridgehead atoms. The van der Waals surface area contributed by atoms with Gasteiger partial charge in [0.2, 0.25) is 0 Å². The Kier molecular flexibility index (Phi) is 3.88. The van der Waals surface area contributed by atoms with Gasteiger partial charge in [0.05, 0.1) is 11.6 Å². The maximum atomic E-state index is 13.4. The van der Waals surface area contributed by atoms with E-state index in [2.05, 4.69) is 15.9 Å². The summed E-state index contributed by atoms with van der Waals surface area (Å²) in [4.78, 5) is 0.498. The lowest BCUT2D eigenvalue weighted by Gasteiger charge is -2.08. The highest BCUT2D eigenvalue weighted by Gasteiger charge is 2.15. The Morgan fingerprint density at radius 3 is 2.69 bits per heavy atom. The molecule has 0 aliphatic rings. The van der Waals surface area contributed by atoms with Crippen LogP contribution in [-0.4, -0.2) is 13.4 Å². The van der Waals surface area contributed by atoms with Crippen LogP contribution in [0.2, 0.25) is 5.02 Å². The van der Waals surface area contributed by atoms with Gasteiger partial charge in [-0.1, -0.05) is 11.6 Å². The standard InChI is InChI=1S/C8H7BrClFOS/c1-12-8-4(9)3-5(13-2)7(11)6(8)10/h3H,1-2H3. The molecule has 0 unspecified atom stereocenters. The smallest absolute Gasteiger partial charge is 0.159 e. The SMILES string of the molecule is COc1c(Br)cc(SC)c(F)c1Cl. The monoisotopic (exact) mass is 284 g/mol. The van der Waals surface area contributed by atoms with Crippen molar-refractivity contribution >= 4 is 39.3 Å². The largest absolute Gasteiger partial charge is 0.494 e. The number of rotatable bonds is 2. The predicted molar refractivity (Wildman–Crippen MR) is 57.4 cm³/mol. The van der Waals surface area contributed by atoms with Gasteiger partial charge in [0.15, 0.2) is 11.6 Å². The molecule has 0 atom stereocenters. The Morgan fingerprint density at radius 2 is 2.23 bits per heavy atom. The highest BCUT2D eigenvalue weighted by molar-refractivity contribution is 9.10. The fourth-order valence-electron chi connectivity index (χ4n) is 0.892. The van der Waals surface area contributed by atoms with E-state index in [4.69, 9.17) is 16.3 Å². The van der Waals surface area contributed by atoms with Crippen molar-refractivity contribution in [2.45, 2.75) is 4.90 Å². The van der Waals surface area contributed by atoms with Gasteiger partial charge in [0.1, 0.15) is 5.02 Å². The average molecular weight is 286 g/mol. The van der Waals surface area contributed by atoms with E-state index in [9.17, 15) is 4.39 Å². The van der Waals surface area contributed by atoms with Crippen LogP contribution < -0.4 is 4.74 Å². The van der Waals surface area contributed by atoms with Gasteiger partial charge in [-0.25, -0.2) is 4.39 Å². The van der Waals surface area contributed by atoms with Gasteiger partial charge in [-0.15, -0.1) is 11.8 Å². The number of methoxy groups -OCH3 is 1. The summed E-state index contributed by atoms with van der Waals surface area (Å²) in [5.74, 6) is -0.105. The Labute approximate surface area is 93.7 Å². The average Bonchev–Trinajstić information content (AvgIpc) is 2.12. The summed E-state index contributed by atoms with van der Waals surface area (Å²) in [6.07, 6.45) is 1.79. The first kappa shape index (κ1) is 11.1. The predicted octanol–water partition coefficient (Wildman–Crippen LogP) is 3.97. The molecule has 0 saturated carbocycles. The van der Waals surface area contributed by atoms with Gasteiger partial charge in [0.25, 0.3) is 0 Å². The molecule has 0 radical (unpaired) electrons. The first-order valence-electron chi connectivity index (χ1n) is 3.37. The van der Waals surface area contributed by atoms with Crippen LogP contribution in [0.1, 0.15) is 0 Å². The molecule has 0 saturated heterocycles. The van der Waals surface area contributed by atoms with E-state index in [1.165, 1.54) is 18.9 Å². The maximum Gasteiger partial charge on any atom is 0.159 e. The summed E-state index contributed by atoms with van der Waals surface area (Å²) < 4.78 is 19.0. The van der Waals surface area contributed by atoms with Gasteiger partial charge in [-0.2, -0.15) is 0 Å². The molecular formula is C8H7BrClFOS. The molecule has 0 aliphatic heterocycles. The molecular weight excluding hydrogens is 279 g/mol. The van der Waals surface area contributed by atoms with Crippen molar-refractivity contribution in [1.82, 2.24) is 0 Å². The molecule has 0 amide bonds. The lowest BCUT2D eigenvalue weighted by molar-refractivity contribution is 0.407. The van der Waals surface area contributed by atoms with E-state index in [1.54, 1.807) is 12.3 Å². The first-order chi connectivity index (χ1) is 6.11. The molecule has 0 aliphatic carbocycles. The van der Waals surface area contributed by atoms with Crippen molar-refractivity contribution in [2.24, 2.45) is 0 Å². The third kappa shape index (κ3) is 2.11. The molecule has 1 aromatic rings. The van der Waals surface area contributed by atoms with E-state index in [1.807, 2.05) is 0 Å². The fourth-order valence-corrected chi connectivity index (χ4v) is 2.60. The minimum Gasteiger partial charge on any atom is -0.494 e. The van der Waals surface area contributed by atoms with Crippen molar-refractivity contribution in [1.29, 1.82) is 0 Å². The van der Waals surface area contributed by atoms with Crippen LogP contribution in [0.25, 0.3) is 0 Å². The van der Waals surface area contributed by atoms with Crippen LogP contribution >= 0.6 is 39.3 Å². The minimum absolute atomic E-state index is 0.0150. The van der Waals surface area contributed by atoms with Gasteiger partial charge < -0.3 is 4.74 Å². The quantitative estimate of drug-likeness (QED) is 0.600. The minimum atomic E-state index is -0.436. The lowest BCUT2D eigenvalue weighted by atomic mass is 10.3. The van der Waals surface area contributed by atoms with Crippen molar-refractivity contribution in [2.75, 3.05) is 13.4 Å². The molecule has 0 N–H and O–H groups in total. The fraction of sp³-hybridized carbons (Fsp3) is 0.250. The second kappa shape index (κ2) is 4.53. The Morgan fingerprint density at radius 1 is 1.62 bits per heavy atom. The van der Waals surface area contributed by atoms with E-state index in [-0.39, 0.29) is 5.02 Å². The number of halogens is 3. The molecule has 1 nitrogen and oxygen atoms in total. The topological polar surface area (TPSA) is 9.23 Å². The van der Waals surface area contributed by atoms with Crippen LogP contribution in [0, 0.1) is 5.82 Å². The van der Waals surface area contributed by atoms with Crippen LogP contribution in [0.3, 0.4) is 0 Å². The highest BCUT2D eigenvalue weighted by atomic mass is 79.9. The summed E-state index contributed by atoms with van der Waals surface area (Å²) in [5.41, 5.74) is 0. The number of ether oxygens (including phenoxy) is 1. The van der Waals surface area contributed by atoms with E-state index in [0.717, 1.165) is 0 Å². The summed E-state index contributed by atoms with van der Waals surface area (Å²) in [6.45, 7) is 0. The Bertz CT molecular complexity index is 332. The molecule has 0 heterocycles. The summed E-state index contributed by atoms with van der Waals surface area (Å²) in [5, 5.41) is 0.0150. The van der Waals surface area contributed by atoms with E-state index in [0.29, 0.717) is 15.1 Å². The zero-order valence-corrected chi connectivity index (χ0v) is 10.2. The molecule has 5 heteroatoms. The maximum absolute atomic E-state index is 13.4. The number of benzene rings is 1. The molecule has 72 valence electrons. The summed E-state index contributed by atoms with van der Waals surface area (Å²) >= 11 is 10.3. The van der Waals surface area contributed by atoms with Crippen molar-refractivity contribution < 1.29 is 9.13 Å². The number of hydrogen-bond donors (Lipinski definition) is 0. The second-order valence-corrected chi connectivity index (χ2v) is 4.30. The molecule has 0 fully saturated rings. The third-order valence-electron chi connectivity index (χ3n) is 1.51. The van der Waals surface area contributed by atoms with E-state index >= 15 is 0 Å². The summed E-state index contributed by atoms with van der Waals surface area (Å²) in [6, 6.07) is 1.64. The van der Waals surface area contributed by atoms with Crippen LogP contribution in [-0.2, 0) is 0 Å². The lowest BCUT2D eigenvalue weighted by Crippen LogP contribution is -1.91. The molecule has 0 aromatic heterocycles. The zero-order valence-electron chi connectivity index (χ0n) is 7.03. The normalized spacial score (nSPS) is 10.2. The second-order valence-electron chi connectivity index (χ2n) is 2.22. The first-order valence-corrected chi connectivity index (χ1v) is 5.76. The number of hydrogen-bond acceptors (Lipinski definition) is 2. The van der Waals surface area contributed by atoms with Crippen molar-refractivity contribution in [3.05, 3.63) is 21.4 Å². The van der Waals surface area contributed by atoms with E-state index < -0.39 is 5.82 Å². The van der Waals surface area contributed by atoms with Crippen LogP contribution in [0.15, 0.2) is 15.4 Å². The molecule has 13 heavy (non-hydrogen) atoms. The molecule has 1 aromatic carbocycles. The van der Waals surface area contributed by atoms with Gasteiger partial charge in [0, 0.05) is 4.90 Å². The number of thioether (sulfide) groups is 1. The Hall–Kier alpha value is 0.0700. The van der Waals surface area contributed by atoms with Gasteiger partial charge in [-0.05, 0) is 28.3 Å². The molecule has 0 spiro atoms. The van der Waals surface area contributed by atoms with Crippen molar-refractivity contribution in [3.63, 3.8) is 0 Å². The van der Waals surface area contributed by atoms with Crippen LogP contribution in [0.5, 0.6) is 5.75 Å². The summed E-state index contributed by atoms with van der Waals surface area (Å²) in [7, 11) is 1.45. The van der Waals surface area contributed by atoms with Gasteiger partial charge in [-0.3, -0.25) is 0 Å². The third-order valence-corrected chi connectivity index (χ3v) is 3.17.